The van der Waals surface area contributed by atoms with E-state index in [0.717, 1.165) is 13.2 Å². The molecule has 1 rings (SSSR count). The number of nitrogens with one attached hydrogen (secondary N) is 1. The molecule has 9 heteroatoms. The molecule has 0 radical (unpaired) electrons. The number of carbonyl (C=O) groups is 2. The normalized spacial score (nSPS) is 31.5. The fraction of sp³-hybridized carbons (Fsp3) is 0.667. The predicted octanol–water partition coefficient (Wildman–Crippen LogP) is -2.41. The van der Waals surface area contributed by atoms with E-state index in [9.17, 15) is 24.9 Å². The van der Waals surface area contributed by atoms with Crippen molar-refractivity contribution in [2.45, 2.75) is 37.1 Å². The number of hydrogen-bond donors (Lipinski definition) is 5. The van der Waals surface area contributed by atoms with Crippen LogP contribution < -0.4 is 5.32 Å². The lowest BCUT2D eigenvalue weighted by atomic mass is 9.96. The molecule has 0 bridgehead atoms. The summed E-state index contributed by atoms with van der Waals surface area (Å²) in [5.41, 5.74) is 0. The summed E-state index contributed by atoms with van der Waals surface area (Å²) in [6.07, 6.45) is -2.14. The summed E-state index contributed by atoms with van der Waals surface area (Å²) in [6, 6.07) is -0.888. The smallest absolute Gasteiger partial charge is 0.368 e. The standard InChI is InChI=1S/C12H19NO8/c1-6(15)13-7-3-4-12(20-2,11(18)19)21-10(7)9(17)8(16)5-14/h3-4,7-10,14,16-17H,5H2,1-2H3,(H,13,15)(H,18,19). The molecule has 1 heterocycles. The van der Waals surface area contributed by atoms with Crippen molar-refractivity contribution in [2.75, 3.05) is 13.7 Å². The highest BCUT2D eigenvalue weighted by Gasteiger charge is 2.48. The first-order chi connectivity index (χ1) is 9.77. The molecule has 21 heavy (non-hydrogen) atoms. The van der Waals surface area contributed by atoms with E-state index in [1.54, 1.807) is 0 Å². The van der Waals surface area contributed by atoms with Gasteiger partial charge in [0.15, 0.2) is 0 Å². The molecule has 5 unspecified atom stereocenters. The molecule has 1 amide bonds. The number of hydrogen-bond acceptors (Lipinski definition) is 7. The number of amides is 1. The maximum atomic E-state index is 11.3. The minimum atomic E-state index is -2.14. The molecule has 0 aliphatic carbocycles. The van der Waals surface area contributed by atoms with Crippen LogP contribution in [0.25, 0.3) is 0 Å². The van der Waals surface area contributed by atoms with Crippen molar-refractivity contribution >= 4 is 11.9 Å². The number of carboxylic acids is 1. The molecule has 5 N–H and O–H groups in total. The zero-order valence-corrected chi connectivity index (χ0v) is 11.6. The Hall–Kier alpha value is -1.52. The summed E-state index contributed by atoms with van der Waals surface area (Å²) in [5, 5.41) is 40.0. The second-order valence-corrected chi connectivity index (χ2v) is 4.59. The monoisotopic (exact) mass is 305 g/mol. The Morgan fingerprint density at radius 1 is 1.48 bits per heavy atom. The van der Waals surface area contributed by atoms with Crippen LogP contribution in [0.15, 0.2) is 12.2 Å². The van der Waals surface area contributed by atoms with E-state index < -0.39 is 48.6 Å². The van der Waals surface area contributed by atoms with E-state index in [4.69, 9.17) is 14.6 Å². The zero-order valence-electron chi connectivity index (χ0n) is 11.6. The SMILES string of the molecule is COC1(C(=O)O)C=CC(NC(C)=O)C(C(O)C(O)CO)O1. The van der Waals surface area contributed by atoms with Crippen LogP contribution in [0.2, 0.25) is 0 Å². The first kappa shape index (κ1) is 17.5. The summed E-state index contributed by atoms with van der Waals surface area (Å²) in [4.78, 5) is 22.4. The first-order valence-corrected chi connectivity index (χ1v) is 6.17. The number of rotatable bonds is 6. The zero-order chi connectivity index (χ0) is 16.2. The van der Waals surface area contributed by atoms with Crippen molar-refractivity contribution < 1.29 is 39.5 Å². The minimum absolute atomic E-state index is 0.441. The van der Waals surface area contributed by atoms with Crippen molar-refractivity contribution in [2.24, 2.45) is 0 Å². The lowest BCUT2D eigenvalue weighted by Gasteiger charge is -2.40. The Kier molecular flexibility index (Phi) is 5.81. The Balaban J connectivity index is 3.11. The molecule has 0 fully saturated rings. The van der Waals surface area contributed by atoms with Crippen LogP contribution in [0.3, 0.4) is 0 Å². The average molecular weight is 305 g/mol. The van der Waals surface area contributed by atoms with Crippen molar-refractivity contribution in [3.05, 3.63) is 12.2 Å². The largest absolute Gasteiger partial charge is 0.477 e. The fourth-order valence-corrected chi connectivity index (χ4v) is 1.95. The van der Waals surface area contributed by atoms with E-state index in [-0.39, 0.29) is 0 Å². The van der Waals surface area contributed by atoms with Gasteiger partial charge in [-0.05, 0) is 6.08 Å². The van der Waals surface area contributed by atoms with Crippen LogP contribution in [-0.4, -0.2) is 76.2 Å². The molecule has 9 nitrogen and oxygen atoms in total. The third kappa shape index (κ3) is 3.77. The molecule has 0 saturated heterocycles. The van der Waals surface area contributed by atoms with Gasteiger partial charge in [0.25, 0.3) is 5.79 Å². The van der Waals surface area contributed by atoms with Gasteiger partial charge in [-0.25, -0.2) is 4.79 Å². The van der Waals surface area contributed by atoms with Crippen LogP contribution in [0, 0.1) is 0 Å². The van der Waals surface area contributed by atoms with E-state index in [1.807, 2.05) is 0 Å². The molecule has 120 valence electrons. The van der Waals surface area contributed by atoms with Crippen LogP contribution >= 0.6 is 0 Å². The van der Waals surface area contributed by atoms with Gasteiger partial charge < -0.3 is 35.2 Å². The Bertz CT molecular complexity index is 425. The minimum Gasteiger partial charge on any atom is -0.477 e. The van der Waals surface area contributed by atoms with Gasteiger partial charge in [0, 0.05) is 14.0 Å². The molecular weight excluding hydrogens is 286 g/mol. The molecule has 1 aliphatic rings. The topological polar surface area (TPSA) is 146 Å². The molecule has 0 aromatic heterocycles. The molecule has 0 aromatic carbocycles. The number of aliphatic carboxylic acids is 1. The molecular formula is C12H19NO8. The van der Waals surface area contributed by atoms with Gasteiger partial charge in [0.2, 0.25) is 5.91 Å². The predicted molar refractivity (Wildman–Crippen MR) is 68.1 cm³/mol. The summed E-state index contributed by atoms with van der Waals surface area (Å²) < 4.78 is 10.0. The quantitative estimate of drug-likeness (QED) is 0.341. The molecule has 1 aliphatic heterocycles. The first-order valence-electron chi connectivity index (χ1n) is 6.17. The molecule has 5 atom stereocenters. The molecule has 0 saturated carbocycles. The van der Waals surface area contributed by atoms with Gasteiger partial charge in [-0.3, -0.25) is 4.79 Å². The van der Waals surface area contributed by atoms with E-state index in [2.05, 4.69) is 5.32 Å². The van der Waals surface area contributed by atoms with Gasteiger partial charge in [-0.1, -0.05) is 6.08 Å². The number of aliphatic hydroxyl groups is 3. The number of carbonyl (C=O) groups excluding carboxylic acids is 1. The second kappa shape index (κ2) is 6.96. The van der Waals surface area contributed by atoms with Crippen molar-refractivity contribution in [1.82, 2.24) is 5.32 Å². The molecule has 0 spiro atoms. The summed E-state index contributed by atoms with van der Waals surface area (Å²) in [6.45, 7) is 0.472. The number of ether oxygens (including phenoxy) is 2. The highest BCUT2D eigenvalue weighted by Crippen LogP contribution is 2.27. The van der Waals surface area contributed by atoms with E-state index in [0.29, 0.717) is 0 Å². The third-order valence-corrected chi connectivity index (χ3v) is 3.08. The number of aliphatic hydroxyl groups excluding tert-OH is 3. The van der Waals surface area contributed by atoms with E-state index >= 15 is 0 Å². The van der Waals surface area contributed by atoms with Crippen LogP contribution in [0.4, 0.5) is 0 Å². The maximum absolute atomic E-state index is 11.3. The highest BCUT2D eigenvalue weighted by molar-refractivity contribution is 5.79. The van der Waals surface area contributed by atoms with Crippen LogP contribution in [0.5, 0.6) is 0 Å². The Labute approximate surface area is 120 Å². The van der Waals surface area contributed by atoms with Crippen molar-refractivity contribution in [1.29, 1.82) is 0 Å². The third-order valence-electron chi connectivity index (χ3n) is 3.08. The van der Waals surface area contributed by atoms with Gasteiger partial charge in [0.1, 0.15) is 18.3 Å². The average Bonchev–Trinajstić information content (AvgIpc) is 2.45. The summed E-state index contributed by atoms with van der Waals surface area (Å²) in [5.74, 6) is -4.04. The highest BCUT2D eigenvalue weighted by atomic mass is 16.7. The lowest BCUT2D eigenvalue weighted by Crippen LogP contribution is -2.60. The van der Waals surface area contributed by atoms with Crippen LogP contribution in [0.1, 0.15) is 6.92 Å². The Morgan fingerprint density at radius 3 is 2.52 bits per heavy atom. The van der Waals surface area contributed by atoms with Gasteiger partial charge in [0.05, 0.1) is 12.6 Å². The molecule has 0 aromatic rings. The van der Waals surface area contributed by atoms with Gasteiger partial charge in [-0.2, -0.15) is 0 Å². The van der Waals surface area contributed by atoms with Gasteiger partial charge >= 0.3 is 5.97 Å². The van der Waals surface area contributed by atoms with Crippen molar-refractivity contribution in [3.63, 3.8) is 0 Å². The van der Waals surface area contributed by atoms with Crippen LogP contribution in [-0.2, 0) is 19.1 Å². The fourth-order valence-electron chi connectivity index (χ4n) is 1.95. The second-order valence-electron chi connectivity index (χ2n) is 4.59. The summed E-state index contributed by atoms with van der Waals surface area (Å²) >= 11 is 0. The number of methoxy groups -OCH3 is 1. The maximum Gasteiger partial charge on any atom is 0.368 e. The van der Waals surface area contributed by atoms with E-state index in [1.165, 1.54) is 13.0 Å². The number of carboxylic acid groups (broad SMARTS) is 1. The van der Waals surface area contributed by atoms with Gasteiger partial charge in [-0.15, -0.1) is 0 Å². The van der Waals surface area contributed by atoms with Crippen molar-refractivity contribution in [3.8, 4) is 0 Å². The summed E-state index contributed by atoms with van der Waals surface area (Å²) in [7, 11) is 1.10. The lowest BCUT2D eigenvalue weighted by molar-refractivity contribution is -0.253. The Morgan fingerprint density at radius 2 is 2.10 bits per heavy atom.